The first kappa shape index (κ1) is 14.5. The van der Waals surface area contributed by atoms with Gasteiger partial charge in [0.05, 0.1) is 0 Å². The number of nitrogens with zero attached hydrogens (tertiary/aromatic N) is 3. The van der Waals surface area contributed by atoms with Gasteiger partial charge >= 0.3 is 0 Å². The topological polar surface area (TPSA) is 33.1 Å². The Balaban J connectivity index is 1.83. The van der Waals surface area contributed by atoms with Gasteiger partial charge in [-0.05, 0) is 33.2 Å². The van der Waals surface area contributed by atoms with Gasteiger partial charge in [0.25, 0.3) is 0 Å². The van der Waals surface area contributed by atoms with E-state index in [1.54, 1.807) is 0 Å². The smallest absolute Gasteiger partial charge is 0.109 e. The zero-order valence-corrected chi connectivity index (χ0v) is 12.6. The lowest BCUT2D eigenvalue weighted by Gasteiger charge is -2.33. The summed E-state index contributed by atoms with van der Waals surface area (Å²) in [6.07, 6.45) is 8.99. The van der Waals surface area contributed by atoms with Crippen molar-refractivity contribution in [1.29, 1.82) is 0 Å². The van der Waals surface area contributed by atoms with Crippen LogP contribution in [0.4, 0.5) is 0 Å². The highest BCUT2D eigenvalue weighted by Gasteiger charge is 2.18. The molecule has 1 atom stereocenters. The summed E-state index contributed by atoms with van der Waals surface area (Å²) in [4.78, 5) is 7.00. The molecule has 2 rings (SSSR count). The molecule has 1 aliphatic rings. The van der Waals surface area contributed by atoms with Crippen LogP contribution in [0.1, 0.15) is 38.9 Å². The van der Waals surface area contributed by atoms with Crippen LogP contribution >= 0.6 is 0 Å². The quantitative estimate of drug-likeness (QED) is 0.851. The summed E-state index contributed by atoms with van der Waals surface area (Å²) in [5, 5.41) is 3.65. The van der Waals surface area contributed by atoms with Crippen molar-refractivity contribution < 1.29 is 0 Å². The summed E-state index contributed by atoms with van der Waals surface area (Å²) < 4.78 is 2.12. The van der Waals surface area contributed by atoms with Crippen LogP contribution in [0.25, 0.3) is 0 Å². The van der Waals surface area contributed by atoms with Crippen molar-refractivity contribution in [2.24, 2.45) is 7.05 Å². The molecule has 4 nitrogen and oxygen atoms in total. The number of piperidine rings is 1. The van der Waals surface area contributed by atoms with Gasteiger partial charge in [-0.25, -0.2) is 4.98 Å². The molecule has 0 aromatic carbocycles. The van der Waals surface area contributed by atoms with Crippen molar-refractivity contribution >= 4 is 0 Å². The number of imidazole rings is 1. The molecule has 0 spiro atoms. The van der Waals surface area contributed by atoms with Crippen LogP contribution in [-0.2, 0) is 13.5 Å². The maximum absolute atomic E-state index is 4.41. The molecule has 1 aliphatic heterocycles. The van der Waals surface area contributed by atoms with Gasteiger partial charge in [-0.3, -0.25) is 4.90 Å². The number of nitrogens with one attached hydrogen (secondary N) is 1. The summed E-state index contributed by atoms with van der Waals surface area (Å²) >= 11 is 0. The Kier molecular flexibility index (Phi) is 5.40. The molecule has 19 heavy (non-hydrogen) atoms. The number of hydrogen-bond acceptors (Lipinski definition) is 3. The van der Waals surface area contributed by atoms with Gasteiger partial charge in [-0.2, -0.15) is 0 Å². The SMILES string of the molecule is CC(C)N(CCc1nccn1C)CC1CCCCN1. The van der Waals surface area contributed by atoms with Gasteiger partial charge in [-0.15, -0.1) is 0 Å². The van der Waals surface area contributed by atoms with E-state index >= 15 is 0 Å². The first-order chi connectivity index (χ1) is 9.16. The van der Waals surface area contributed by atoms with Crippen molar-refractivity contribution in [2.75, 3.05) is 19.6 Å². The van der Waals surface area contributed by atoms with Crippen LogP contribution in [0.15, 0.2) is 12.4 Å². The standard InChI is InChI=1S/C15H28N4/c1-13(2)19(12-14-6-4-5-8-16-14)10-7-15-17-9-11-18(15)3/h9,11,13-14,16H,4-8,10,12H2,1-3H3. The third-order valence-electron chi connectivity index (χ3n) is 4.14. The largest absolute Gasteiger partial charge is 0.338 e. The number of rotatable bonds is 6. The average Bonchev–Trinajstić information content (AvgIpc) is 2.81. The van der Waals surface area contributed by atoms with E-state index in [0.717, 1.165) is 13.0 Å². The van der Waals surface area contributed by atoms with E-state index in [0.29, 0.717) is 12.1 Å². The monoisotopic (exact) mass is 264 g/mol. The van der Waals surface area contributed by atoms with Crippen LogP contribution in [0.5, 0.6) is 0 Å². The van der Waals surface area contributed by atoms with Gasteiger partial charge in [0, 0.05) is 51.0 Å². The molecule has 1 aromatic heterocycles. The van der Waals surface area contributed by atoms with E-state index in [2.05, 4.69) is 40.7 Å². The summed E-state index contributed by atoms with van der Waals surface area (Å²) in [7, 11) is 2.07. The lowest BCUT2D eigenvalue weighted by atomic mass is 10.0. The Bertz CT molecular complexity index is 366. The molecule has 1 fully saturated rings. The predicted octanol–water partition coefficient (Wildman–Crippen LogP) is 1.82. The second-order valence-corrected chi connectivity index (χ2v) is 5.94. The molecule has 0 aliphatic carbocycles. The predicted molar refractivity (Wildman–Crippen MR) is 79.3 cm³/mol. The summed E-state index contributed by atoms with van der Waals surface area (Å²) in [5.74, 6) is 1.18. The lowest BCUT2D eigenvalue weighted by Crippen LogP contribution is -2.46. The number of aromatic nitrogens is 2. The molecule has 1 N–H and O–H groups in total. The summed E-state index contributed by atoms with van der Waals surface area (Å²) in [5.41, 5.74) is 0. The summed E-state index contributed by atoms with van der Waals surface area (Å²) in [6, 6.07) is 1.28. The molecule has 0 saturated carbocycles. The molecule has 1 unspecified atom stereocenters. The van der Waals surface area contributed by atoms with Gasteiger partial charge in [0.15, 0.2) is 0 Å². The Morgan fingerprint density at radius 3 is 2.89 bits per heavy atom. The van der Waals surface area contributed by atoms with Crippen LogP contribution in [0.2, 0.25) is 0 Å². The van der Waals surface area contributed by atoms with Gasteiger partial charge in [0.2, 0.25) is 0 Å². The highest BCUT2D eigenvalue weighted by Crippen LogP contribution is 2.11. The van der Waals surface area contributed by atoms with Crippen molar-refractivity contribution in [3.05, 3.63) is 18.2 Å². The molecule has 1 aromatic rings. The van der Waals surface area contributed by atoms with E-state index in [1.807, 2.05) is 12.4 Å². The molecule has 2 heterocycles. The van der Waals surface area contributed by atoms with Crippen molar-refractivity contribution in [3.8, 4) is 0 Å². The zero-order valence-electron chi connectivity index (χ0n) is 12.6. The first-order valence-corrected chi connectivity index (χ1v) is 7.60. The molecule has 4 heteroatoms. The van der Waals surface area contributed by atoms with Crippen molar-refractivity contribution in [3.63, 3.8) is 0 Å². The van der Waals surface area contributed by atoms with Crippen molar-refractivity contribution in [2.45, 2.75) is 51.6 Å². The fourth-order valence-electron chi connectivity index (χ4n) is 2.80. The fourth-order valence-corrected chi connectivity index (χ4v) is 2.80. The van der Waals surface area contributed by atoms with E-state index in [4.69, 9.17) is 0 Å². The number of hydrogen-bond donors (Lipinski definition) is 1. The fraction of sp³-hybridized carbons (Fsp3) is 0.800. The molecule has 0 amide bonds. The minimum atomic E-state index is 0.601. The Morgan fingerprint density at radius 2 is 2.32 bits per heavy atom. The van der Waals surface area contributed by atoms with Crippen LogP contribution < -0.4 is 5.32 Å². The molecule has 1 saturated heterocycles. The van der Waals surface area contributed by atoms with E-state index in [1.165, 1.54) is 38.2 Å². The molecular weight excluding hydrogens is 236 g/mol. The van der Waals surface area contributed by atoms with Gasteiger partial charge in [0.1, 0.15) is 5.82 Å². The summed E-state index contributed by atoms with van der Waals surface area (Å²) in [6.45, 7) is 8.04. The van der Waals surface area contributed by atoms with E-state index < -0.39 is 0 Å². The second kappa shape index (κ2) is 7.06. The lowest BCUT2D eigenvalue weighted by molar-refractivity contribution is 0.185. The van der Waals surface area contributed by atoms with Crippen LogP contribution in [0.3, 0.4) is 0 Å². The minimum absolute atomic E-state index is 0.601. The second-order valence-electron chi connectivity index (χ2n) is 5.94. The average molecular weight is 264 g/mol. The maximum atomic E-state index is 4.41. The number of aryl methyl sites for hydroxylation is 1. The Hall–Kier alpha value is -0.870. The molecule has 0 bridgehead atoms. The molecule has 108 valence electrons. The third kappa shape index (κ3) is 4.32. The Labute approximate surface area is 117 Å². The Morgan fingerprint density at radius 1 is 1.47 bits per heavy atom. The first-order valence-electron chi connectivity index (χ1n) is 7.60. The molecular formula is C15H28N4. The highest BCUT2D eigenvalue weighted by atomic mass is 15.2. The van der Waals surface area contributed by atoms with Crippen LogP contribution in [0, 0.1) is 0 Å². The molecule has 0 radical (unpaired) electrons. The van der Waals surface area contributed by atoms with Gasteiger partial charge in [-0.1, -0.05) is 6.42 Å². The maximum Gasteiger partial charge on any atom is 0.109 e. The van der Waals surface area contributed by atoms with E-state index in [9.17, 15) is 0 Å². The van der Waals surface area contributed by atoms with Crippen LogP contribution in [-0.4, -0.2) is 46.2 Å². The highest BCUT2D eigenvalue weighted by molar-refractivity contribution is 4.92. The normalized spacial score (nSPS) is 20.4. The van der Waals surface area contributed by atoms with Crippen molar-refractivity contribution in [1.82, 2.24) is 19.8 Å². The van der Waals surface area contributed by atoms with E-state index in [-0.39, 0.29) is 0 Å². The third-order valence-corrected chi connectivity index (χ3v) is 4.14. The zero-order chi connectivity index (χ0) is 13.7. The minimum Gasteiger partial charge on any atom is -0.338 e. The van der Waals surface area contributed by atoms with Gasteiger partial charge < -0.3 is 9.88 Å².